The summed E-state index contributed by atoms with van der Waals surface area (Å²) in [5.74, 6) is 0.422. The van der Waals surface area contributed by atoms with E-state index < -0.39 is 0 Å². The van der Waals surface area contributed by atoms with Crippen molar-refractivity contribution >= 4 is 28.6 Å². The number of amides is 1. The lowest BCUT2D eigenvalue weighted by atomic mass is 10.0. The van der Waals surface area contributed by atoms with Crippen LogP contribution in [0.1, 0.15) is 29.5 Å². The fourth-order valence-electron chi connectivity index (χ4n) is 2.97. The van der Waals surface area contributed by atoms with E-state index >= 15 is 0 Å². The maximum Gasteiger partial charge on any atom is 0.230 e. The van der Waals surface area contributed by atoms with Gasteiger partial charge in [-0.3, -0.25) is 4.79 Å². The van der Waals surface area contributed by atoms with Crippen LogP contribution in [0, 0.1) is 20.8 Å². The standard InChI is InChI=1S/C19H24N2O2S/c1-12-6-7-16-13(2)9-18(21-19(16)14(12)3)24-11-17(22)20-10-15-5-4-8-23-15/h6-7,9,15H,4-5,8,10-11H2,1-3H3,(H,20,22)/t15-/m1/s1. The molecule has 1 fully saturated rings. The third kappa shape index (κ3) is 3.90. The zero-order valence-electron chi connectivity index (χ0n) is 14.5. The van der Waals surface area contributed by atoms with Gasteiger partial charge in [-0.05, 0) is 56.4 Å². The topological polar surface area (TPSA) is 51.2 Å². The molecule has 1 N–H and O–H groups in total. The second kappa shape index (κ2) is 7.53. The number of pyridine rings is 1. The zero-order valence-corrected chi connectivity index (χ0v) is 15.3. The quantitative estimate of drug-likeness (QED) is 0.843. The van der Waals surface area contributed by atoms with E-state index in [2.05, 4.69) is 44.3 Å². The van der Waals surface area contributed by atoms with Crippen molar-refractivity contribution in [2.75, 3.05) is 18.9 Å². The maximum absolute atomic E-state index is 12.0. The van der Waals surface area contributed by atoms with Gasteiger partial charge in [0.2, 0.25) is 5.91 Å². The average molecular weight is 344 g/mol. The number of nitrogens with zero attached hydrogens (tertiary/aromatic N) is 1. The maximum atomic E-state index is 12.0. The van der Waals surface area contributed by atoms with Crippen molar-refractivity contribution in [1.29, 1.82) is 0 Å². The number of thioether (sulfide) groups is 1. The van der Waals surface area contributed by atoms with Gasteiger partial charge in [-0.2, -0.15) is 0 Å². The van der Waals surface area contributed by atoms with Crippen molar-refractivity contribution in [3.8, 4) is 0 Å². The second-order valence-electron chi connectivity index (χ2n) is 6.41. The number of hydrogen-bond donors (Lipinski definition) is 1. The molecule has 0 spiro atoms. The Labute approximate surface area is 147 Å². The number of rotatable bonds is 5. The minimum atomic E-state index is 0.0380. The molecule has 0 radical (unpaired) electrons. The molecule has 0 unspecified atom stereocenters. The van der Waals surface area contributed by atoms with E-state index in [9.17, 15) is 4.79 Å². The SMILES string of the molecule is Cc1ccc2c(C)cc(SCC(=O)NC[C@H]3CCCO3)nc2c1C. The molecule has 1 aliphatic heterocycles. The summed E-state index contributed by atoms with van der Waals surface area (Å²) in [5.41, 5.74) is 4.69. The van der Waals surface area contributed by atoms with E-state index in [-0.39, 0.29) is 12.0 Å². The molecular weight excluding hydrogens is 320 g/mol. The van der Waals surface area contributed by atoms with Gasteiger partial charge in [0.05, 0.1) is 22.4 Å². The van der Waals surface area contributed by atoms with Crippen LogP contribution in [0.25, 0.3) is 10.9 Å². The number of ether oxygens (including phenoxy) is 1. The number of carbonyl (C=O) groups excluding carboxylic acids is 1. The van der Waals surface area contributed by atoms with Crippen LogP contribution in [-0.4, -0.2) is 35.9 Å². The summed E-state index contributed by atoms with van der Waals surface area (Å²) in [7, 11) is 0. The molecule has 1 aliphatic rings. The van der Waals surface area contributed by atoms with Crippen molar-refractivity contribution in [1.82, 2.24) is 10.3 Å². The van der Waals surface area contributed by atoms with E-state index in [1.807, 2.05) is 0 Å². The highest BCUT2D eigenvalue weighted by Gasteiger charge is 2.16. The number of hydrogen-bond acceptors (Lipinski definition) is 4. The highest BCUT2D eigenvalue weighted by Crippen LogP contribution is 2.27. The molecule has 5 heteroatoms. The van der Waals surface area contributed by atoms with Gasteiger partial charge in [0.15, 0.2) is 0 Å². The Hall–Kier alpha value is -1.59. The smallest absolute Gasteiger partial charge is 0.230 e. The van der Waals surface area contributed by atoms with E-state index in [1.165, 1.54) is 33.8 Å². The first-order valence-corrected chi connectivity index (χ1v) is 9.42. The molecule has 24 heavy (non-hydrogen) atoms. The molecule has 3 rings (SSSR count). The molecule has 1 amide bonds. The van der Waals surface area contributed by atoms with Gasteiger partial charge in [0, 0.05) is 18.5 Å². The van der Waals surface area contributed by atoms with Gasteiger partial charge >= 0.3 is 0 Å². The third-order valence-electron chi connectivity index (χ3n) is 4.59. The molecule has 0 bridgehead atoms. The first-order valence-electron chi connectivity index (χ1n) is 8.43. The largest absolute Gasteiger partial charge is 0.376 e. The molecule has 1 aromatic heterocycles. The molecule has 0 saturated carbocycles. The monoisotopic (exact) mass is 344 g/mol. The summed E-state index contributed by atoms with van der Waals surface area (Å²) in [6.45, 7) is 7.73. The lowest BCUT2D eigenvalue weighted by molar-refractivity contribution is -0.119. The van der Waals surface area contributed by atoms with Gasteiger partial charge in [-0.25, -0.2) is 4.98 Å². The van der Waals surface area contributed by atoms with Gasteiger partial charge < -0.3 is 10.1 Å². The predicted octanol–water partition coefficient (Wildman–Crippen LogP) is 3.55. The Morgan fingerprint density at radius 2 is 2.17 bits per heavy atom. The van der Waals surface area contributed by atoms with Crippen molar-refractivity contribution in [3.63, 3.8) is 0 Å². The molecule has 2 heterocycles. The zero-order chi connectivity index (χ0) is 17.1. The fraction of sp³-hybridized carbons (Fsp3) is 0.474. The Balaban J connectivity index is 1.64. The van der Waals surface area contributed by atoms with Crippen molar-refractivity contribution < 1.29 is 9.53 Å². The number of nitrogens with one attached hydrogen (secondary N) is 1. The molecule has 0 aliphatic carbocycles. The summed E-state index contributed by atoms with van der Waals surface area (Å²) in [4.78, 5) is 16.8. The average Bonchev–Trinajstić information content (AvgIpc) is 3.08. The van der Waals surface area contributed by atoms with Crippen LogP contribution in [0.4, 0.5) is 0 Å². The Kier molecular flexibility index (Phi) is 5.41. The molecule has 1 aromatic carbocycles. The summed E-state index contributed by atoms with van der Waals surface area (Å²) >= 11 is 1.49. The molecular formula is C19H24N2O2S. The Morgan fingerprint density at radius 1 is 1.33 bits per heavy atom. The highest BCUT2D eigenvalue weighted by atomic mass is 32.2. The number of aromatic nitrogens is 1. The molecule has 1 saturated heterocycles. The third-order valence-corrected chi connectivity index (χ3v) is 5.50. The number of fused-ring (bicyclic) bond motifs is 1. The summed E-state index contributed by atoms with van der Waals surface area (Å²) in [6.07, 6.45) is 2.32. The first kappa shape index (κ1) is 17.2. The highest BCUT2D eigenvalue weighted by molar-refractivity contribution is 7.99. The lowest BCUT2D eigenvalue weighted by Crippen LogP contribution is -2.32. The van der Waals surface area contributed by atoms with Crippen LogP contribution < -0.4 is 5.32 Å². The normalized spacial score (nSPS) is 17.4. The molecule has 4 nitrogen and oxygen atoms in total. The fourth-order valence-corrected chi connectivity index (χ4v) is 3.76. The van der Waals surface area contributed by atoms with Crippen molar-refractivity contribution in [2.24, 2.45) is 0 Å². The number of benzene rings is 1. The number of carbonyl (C=O) groups is 1. The van der Waals surface area contributed by atoms with E-state index in [4.69, 9.17) is 9.72 Å². The van der Waals surface area contributed by atoms with Gasteiger partial charge in [-0.15, -0.1) is 0 Å². The Morgan fingerprint density at radius 3 is 2.92 bits per heavy atom. The summed E-state index contributed by atoms with van der Waals surface area (Å²) in [6, 6.07) is 6.33. The van der Waals surface area contributed by atoms with Crippen LogP contribution in [0.2, 0.25) is 0 Å². The minimum Gasteiger partial charge on any atom is -0.376 e. The van der Waals surface area contributed by atoms with Crippen molar-refractivity contribution in [3.05, 3.63) is 34.9 Å². The van der Waals surface area contributed by atoms with Crippen LogP contribution in [0.15, 0.2) is 23.2 Å². The summed E-state index contributed by atoms with van der Waals surface area (Å²) < 4.78 is 5.52. The van der Waals surface area contributed by atoms with Gasteiger partial charge in [-0.1, -0.05) is 23.9 Å². The van der Waals surface area contributed by atoms with Gasteiger partial charge in [0.25, 0.3) is 0 Å². The van der Waals surface area contributed by atoms with Crippen LogP contribution >= 0.6 is 11.8 Å². The lowest BCUT2D eigenvalue weighted by Gasteiger charge is -2.12. The van der Waals surface area contributed by atoms with Crippen molar-refractivity contribution in [2.45, 2.75) is 44.7 Å². The van der Waals surface area contributed by atoms with E-state index in [0.29, 0.717) is 12.3 Å². The van der Waals surface area contributed by atoms with E-state index in [0.717, 1.165) is 30.0 Å². The number of aryl methyl sites for hydroxylation is 3. The van der Waals surface area contributed by atoms with Crippen LogP contribution in [0.5, 0.6) is 0 Å². The molecule has 1 atom stereocenters. The Bertz CT molecular complexity index is 755. The van der Waals surface area contributed by atoms with Gasteiger partial charge in [0.1, 0.15) is 0 Å². The predicted molar refractivity (Wildman–Crippen MR) is 98.7 cm³/mol. The summed E-state index contributed by atoms with van der Waals surface area (Å²) in [5, 5.41) is 5.04. The molecule has 128 valence electrons. The van der Waals surface area contributed by atoms with E-state index in [1.54, 1.807) is 0 Å². The molecule has 2 aromatic rings. The minimum absolute atomic E-state index is 0.0380. The second-order valence-corrected chi connectivity index (χ2v) is 7.40. The van der Waals surface area contributed by atoms with Crippen LogP contribution in [0.3, 0.4) is 0 Å². The first-order chi connectivity index (χ1) is 11.5. The van der Waals surface area contributed by atoms with Crippen LogP contribution in [-0.2, 0) is 9.53 Å².